The number of carbonyl (C=O) groups excluding carboxylic acids is 3. The highest BCUT2D eigenvalue weighted by Gasteiger charge is 2.31. The quantitative estimate of drug-likeness (QED) is 0.774. The number of likely N-dealkylation sites (tertiary alicyclic amines) is 1. The maximum Gasteiger partial charge on any atom is 0.286 e. The molecule has 0 saturated carbocycles. The van der Waals surface area contributed by atoms with Crippen molar-refractivity contribution >= 4 is 34.7 Å². The summed E-state index contributed by atoms with van der Waals surface area (Å²) in [6, 6.07) is 5.35. The van der Waals surface area contributed by atoms with Crippen molar-refractivity contribution in [3.63, 3.8) is 0 Å². The van der Waals surface area contributed by atoms with Crippen LogP contribution in [0.5, 0.6) is 0 Å². The van der Waals surface area contributed by atoms with Gasteiger partial charge in [-0.1, -0.05) is 11.3 Å². The molecular weight excluding hydrogens is 397 g/mol. The van der Waals surface area contributed by atoms with Crippen molar-refractivity contribution in [2.45, 2.75) is 32.7 Å². The van der Waals surface area contributed by atoms with Gasteiger partial charge in [-0.15, -0.1) is 10.2 Å². The Morgan fingerprint density at radius 3 is 2.55 bits per heavy atom. The first-order chi connectivity index (χ1) is 13.8. The number of anilines is 1. The maximum atomic E-state index is 13.0. The second kappa shape index (κ2) is 9.08. The molecule has 1 saturated heterocycles. The zero-order chi connectivity index (χ0) is 21.0. The van der Waals surface area contributed by atoms with Crippen LogP contribution < -0.4 is 10.6 Å². The van der Waals surface area contributed by atoms with E-state index in [0.717, 1.165) is 24.2 Å². The standard InChI is InChI=1S/C19H22FN5O3S/c1-11(2)21-15(26)12-4-3-9-25(10-12)19(28)18-24-23-17(29-18)16(27)22-14-7-5-13(20)6-8-14/h5-8,11-12H,3-4,9-10H2,1-2H3,(H,21,26)(H,22,27)/t12-/m1/s1. The first-order valence-corrected chi connectivity index (χ1v) is 10.1. The first-order valence-electron chi connectivity index (χ1n) is 9.33. The number of carbonyl (C=O) groups is 3. The number of amides is 3. The molecule has 3 rings (SSSR count). The normalized spacial score (nSPS) is 16.6. The van der Waals surface area contributed by atoms with Crippen LogP contribution in [0.2, 0.25) is 0 Å². The summed E-state index contributed by atoms with van der Waals surface area (Å²) in [5.74, 6) is -1.60. The van der Waals surface area contributed by atoms with Gasteiger partial charge in [0.25, 0.3) is 11.8 Å². The van der Waals surface area contributed by atoms with Crippen molar-refractivity contribution in [3.05, 3.63) is 40.1 Å². The van der Waals surface area contributed by atoms with E-state index in [1.54, 1.807) is 4.90 Å². The Hall–Kier alpha value is -2.88. The number of rotatable bonds is 5. The van der Waals surface area contributed by atoms with Crippen LogP contribution in [0.25, 0.3) is 0 Å². The van der Waals surface area contributed by atoms with E-state index in [4.69, 9.17) is 0 Å². The molecular formula is C19H22FN5O3S. The van der Waals surface area contributed by atoms with Crippen molar-refractivity contribution in [2.24, 2.45) is 5.92 Å². The fourth-order valence-corrected chi connectivity index (χ4v) is 3.74. The van der Waals surface area contributed by atoms with Gasteiger partial charge in [0.2, 0.25) is 15.9 Å². The third kappa shape index (κ3) is 5.35. The summed E-state index contributed by atoms with van der Waals surface area (Å²) in [5.41, 5.74) is 0.412. The Bertz CT molecular complexity index is 900. The van der Waals surface area contributed by atoms with Crippen LogP contribution in [0.4, 0.5) is 10.1 Å². The predicted molar refractivity (Wildman–Crippen MR) is 106 cm³/mol. The van der Waals surface area contributed by atoms with Crippen LogP contribution in [-0.2, 0) is 4.79 Å². The number of hydrogen-bond acceptors (Lipinski definition) is 6. The fourth-order valence-electron chi connectivity index (χ4n) is 3.03. The smallest absolute Gasteiger partial charge is 0.286 e. The van der Waals surface area contributed by atoms with Gasteiger partial charge in [-0.3, -0.25) is 14.4 Å². The van der Waals surface area contributed by atoms with E-state index in [1.807, 2.05) is 13.8 Å². The van der Waals surface area contributed by atoms with Gasteiger partial charge in [0.15, 0.2) is 0 Å². The molecule has 2 N–H and O–H groups in total. The Morgan fingerprint density at radius 1 is 1.17 bits per heavy atom. The Labute approximate surface area is 171 Å². The molecule has 0 radical (unpaired) electrons. The van der Waals surface area contributed by atoms with Gasteiger partial charge in [0.05, 0.1) is 5.92 Å². The number of hydrogen-bond donors (Lipinski definition) is 2. The zero-order valence-corrected chi connectivity index (χ0v) is 17.0. The number of aromatic nitrogens is 2. The zero-order valence-electron chi connectivity index (χ0n) is 16.1. The highest BCUT2D eigenvalue weighted by molar-refractivity contribution is 7.15. The number of piperidine rings is 1. The third-order valence-electron chi connectivity index (χ3n) is 4.41. The highest BCUT2D eigenvalue weighted by atomic mass is 32.1. The van der Waals surface area contributed by atoms with E-state index in [1.165, 1.54) is 24.3 Å². The molecule has 1 aromatic heterocycles. The molecule has 1 atom stereocenters. The Kier molecular flexibility index (Phi) is 6.53. The van der Waals surface area contributed by atoms with Crippen LogP contribution in [0.1, 0.15) is 46.3 Å². The third-order valence-corrected chi connectivity index (χ3v) is 5.32. The Morgan fingerprint density at radius 2 is 1.86 bits per heavy atom. The van der Waals surface area contributed by atoms with Crippen molar-refractivity contribution < 1.29 is 18.8 Å². The van der Waals surface area contributed by atoms with E-state index in [0.29, 0.717) is 18.8 Å². The van der Waals surface area contributed by atoms with Crippen LogP contribution in [0.3, 0.4) is 0 Å². The van der Waals surface area contributed by atoms with Crippen LogP contribution in [0, 0.1) is 11.7 Å². The van der Waals surface area contributed by atoms with E-state index in [2.05, 4.69) is 20.8 Å². The molecule has 1 fully saturated rings. The predicted octanol–water partition coefficient (Wildman–Crippen LogP) is 2.31. The summed E-state index contributed by atoms with van der Waals surface area (Å²) in [4.78, 5) is 38.9. The maximum absolute atomic E-state index is 13.0. The summed E-state index contributed by atoms with van der Waals surface area (Å²) >= 11 is 0.885. The summed E-state index contributed by atoms with van der Waals surface area (Å²) in [7, 11) is 0. The monoisotopic (exact) mass is 419 g/mol. The molecule has 2 heterocycles. The lowest BCUT2D eigenvalue weighted by atomic mass is 9.97. The minimum atomic E-state index is -0.527. The molecule has 2 aromatic rings. The number of halogens is 1. The minimum absolute atomic E-state index is 0.0313. The molecule has 3 amide bonds. The lowest BCUT2D eigenvalue weighted by Gasteiger charge is -2.31. The average Bonchev–Trinajstić information content (AvgIpc) is 3.19. The first kappa shape index (κ1) is 20.8. The second-order valence-electron chi connectivity index (χ2n) is 7.13. The summed E-state index contributed by atoms with van der Waals surface area (Å²) < 4.78 is 13.0. The average molecular weight is 419 g/mol. The molecule has 154 valence electrons. The molecule has 0 aliphatic carbocycles. The molecule has 0 unspecified atom stereocenters. The van der Waals surface area contributed by atoms with Gasteiger partial charge < -0.3 is 15.5 Å². The van der Waals surface area contributed by atoms with E-state index >= 15 is 0 Å². The van der Waals surface area contributed by atoms with Gasteiger partial charge >= 0.3 is 0 Å². The molecule has 0 spiro atoms. The van der Waals surface area contributed by atoms with Crippen molar-refractivity contribution in [2.75, 3.05) is 18.4 Å². The van der Waals surface area contributed by atoms with Gasteiger partial charge in [-0.2, -0.15) is 0 Å². The fraction of sp³-hybridized carbons (Fsp3) is 0.421. The largest absolute Gasteiger partial charge is 0.354 e. The van der Waals surface area contributed by atoms with Gasteiger partial charge in [-0.05, 0) is 51.0 Å². The lowest BCUT2D eigenvalue weighted by Crippen LogP contribution is -2.46. The lowest BCUT2D eigenvalue weighted by molar-refractivity contribution is -0.126. The molecule has 29 heavy (non-hydrogen) atoms. The molecule has 1 aliphatic heterocycles. The van der Waals surface area contributed by atoms with Crippen molar-refractivity contribution in [3.8, 4) is 0 Å². The number of nitrogens with one attached hydrogen (secondary N) is 2. The Balaban J connectivity index is 1.63. The molecule has 8 nitrogen and oxygen atoms in total. The van der Waals surface area contributed by atoms with Crippen LogP contribution >= 0.6 is 11.3 Å². The van der Waals surface area contributed by atoms with Crippen molar-refractivity contribution in [1.29, 1.82) is 0 Å². The molecule has 1 aliphatic rings. The number of benzene rings is 1. The van der Waals surface area contributed by atoms with E-state index in [-0.39, 0.29) is 33.8 Å². The SMILES string of the molecule is CC(C)NC(=O)[C@@H]1CCCN(C(=O)c2nnc(C(=O)Nc3ccc(F)cc3)s2)C1. The van der Waals surface area contributed by atoms with Gasteiger partial charge in [0, 0.05) is 24.8 Å². The van der Waals surface area contributed by atoms with Crippen LogP contribution in [0.15, 0.2) is 24.3 Å². The van der Waals surface area contributed by atoms with Crippen LogP contribution in [-0.4, -0.2) is 52.0 Å². The van der Waals surface area contributed by atoms with Crippen molar-refractivity contribution in [1.82, 2.24) is 20.4 Å². The molecule has 0 bridgehead atoms. The van der Waals surface area contributed by atoms with Gasteiger partial charge in [-0.25, -0.2) is 4.39 Å². The summed E-state index contributed by atoms with van der Waals surface area (Å²) in [5, 5.41) is 13.2. The van der Waals surface area contributed by atoms with E-state index < -0.39 is 11.7 Å². The van der Waals surface area contributed by atoms with E-state index in [9.17, 15) is 18.8 Å². The summed E-state index contributed by atoms with van der Waals surface area (Å²) in [6.07, 6.45) is 1.45. The second-order valence-corrected chi connectivity index (χ2v) is 8.10. The molecule has 10 heteroatoms. The minimum Gasteiger partial charge on any atom is -0.354 e. The molecule has 1 aromatic carbocycles. The summed E-state index contributed by atoms with van der Waals surface area (Å²) in [6.45, 7) is 4.63. The topological polar surface area (TPSA) is 104 Å². The van der Waals surface area contributed by atoms with Gasteiger partial charge in [0.1, 0.15) is 5.82 Å². The number of nitrogens with zero attached hydrogens (tertiary/aromatic N) is 3. The highest BCUT2D eigenvalue weighted by Crippen LogP contribution is 2.21.